The Bertz CT molecular complexity index is 278. The van der Waals surface area contributed by atoms with Crippen LogP contribution in [0.2, 0.25) is 0 Å². The molecule has 0 saturated carbocycles. The molecule has 0 spiro atoms. The summed E-state index contributed by atoms with van der Waals surface area (Å²) >= 11 is 0. The Morgan fingerprint density at radius 3 is 2.54 bits per heavy atom. The molecule has 0 aliphatic rings. The van der Waals surface area contributed by atoms with Gasteiger partial charge in [0.1, 0.15) is 0 Å². The molecule has 0 amide bonds. The van der Waals surface area contributed by atoms with Crippen LogP contribution in [0.25, 0.3) is 5.43 Å². The van der Waals surface area contributed by atoms with Crippen molar-refractivity contribution in [3.8, 4) is 0 Å². The minimum Gasteiger partial charge on any atom is -0.485 e. The molecule has 13 heavy (non-hydrogen) atoms. The van der Waals surface area contributed by atoms with Crippen LogP contribution in [0.3, 0.4) is 0 Å². The smallest absolute Gasteiger partial charge is 0.0337 e. The van der Waals surface area contributed by atoms with Crippen LogP contribution in [0.15, 0.2) is 24.3 Å². The van der Waals surface area contributed by atoms with E-state index in [4.69, 9.17) is 11.3 Å². The first-order chi connectivity index (χ1) is 6.26. The Balaban J connectivity index is 2.64. The van der Waals surface area contributed by atoms with Gasteiger partial charge >= 0.3 is 0 Å². The molecule has 4 N–H and O–H groups in total. The van der Waals surface area contributed by atoms with Crippen molar-refractivity contribution in [3.63, 3.8) is 0 Å². The van der Waals surface area contributed by atoms with Crippen molar-refractivity contribution < 1.29 is 0 Å². The molecule has 0 atom stereocenters. The van der Waals surface area contributed by atoms with Crippen molar-refractivity contribution in [1.82, 2.24) is 0 Å². The van der Waals surface area contributed by atoms with E-state index in [1.54, 1.807) is 0 Å². The van der Waals surface area contributed by atoms with Crippen molar-refractivity contribution in [2.24, 2.45) is 5.84 Å². The molecule has 1 rings (SSSR count). The molecule has 0 aromatic heterocycles. The molecule has 0 fully saturated rings. The highest BCUT2D eigenvalue weighted by Crippen LogP contribution is 2.09. The van der Waals surface area contributed by atoms with E-state index in [2.05, 4.69) is 10.7 Å². The fraction of sp³-hybridized carbons (Fsp3) is 0.222. The molecular weight excluding hydrogens is 164 g/mol. The van der Waals surface area contributed by atoms with Gasteiger partial charge in [-0.15, -0.1) is 0 Å². The SMILES string of the molecule is CNc1ccc(CC(=N)[N-]N)cc1. The van der Waals surface area contributed by atoms with Gasteiger partial charge in [-0.3, -0.25) is 0 Å². The number of hydrogen-bond acceptors (Lipinski definition) is 3. The first kappa shape index (κ1) is 9.54. The zero-order valence-electron chi connectivity index (χ0n) is 7.54. The molecule has 0 unspecified atom stereocenters. The Morgan fingerprint density at radius 1 is 1.46 bits per heavy atom. The fourth-order valence-corrected chi connectivity index (χ4v) is 1.03. The summed E-state index contributed by atoms with van der Waals surface area (Å²) in [7, 11) is 1.87. The van der Waals surface area contributed by atoms with Crippen LogP contribution in [-0.4, -0.2) is 12.9 Å². The van der Waals surface area contributed by atoms with E-state index < -0.39 is 0 Å². The maximum absolute atomic E-state index is 7.27. The molecule has 70 valence electrons. The highest BCUT2D eigenvalue weighted by Gasteiger charge is 1.92. The summed E-state index contributed by atoms with van der Waals surface area (Å²) in [5, 5.41) is 10.3. The predicted molar refractivity (Wildman–Crippen MR) is 55.0 cm³/mol. The second kappa shape index (κ2) is 4.47. The number of nitrogens with one attached hydrogen (secondary N) is 2. The van der Waals surface area contributed by atoms with E-state index >= 15 is 0 Å². The van der Waals surface area contributed by atoms with E-state index in [-0.39, 0.29) is 5.84 Å². The van der Waals surface area contributed by atoms with Crippen LogP contribution in [0.1, 0.15) is 5.56 Å². The van der Waals surface area contributed by atoms with Crippen LogP contribution in [0.5, 0.6) is 0 Å². The zero-order chi connectivity index (χ0) is 9.68. The van der Waals surface area contributed by atoms with Crippen molar-refractivity contribution in [3.05, 3.63) is 35.3 Å². The molecule has 0 saturated heterocycles. The number of benzene rings is 1. The minimum atomic E-state index is 0.192. The van der Waals surface area contributed by atoms with Crippen molar-refractivity contribution in [2.45, 2.75) is 6.42 Å². The second-order valence-electron chi connectivity index (χ2n) is 2.70. The molecule has 4 heteroatoms. The third-order valence-electron chi connectivity index (χ3n) is 1.77. The third-order valence-corrected chi connectivity index (χ3v) is 1.77. The Labute approximate surface area is 77.6 Å². The lowest BCUT2D eigenvalue weighted by Crippen LogP contribution is -2.04. The van der Waals surface area contributed by atoms with Gasteiger partial charge in [-0.2, -0.15) is 0 Å². The van der Waals surface area contributed by atoms with Gasteiger partial charge in [0, 0.05) is 12.7 Å². The molecule has 0 aliphatic heterocycles. The minimum absolute atomic E-state index is 0.192. The molecular formula is C9H13N4-. The van der Waals surface area contributed by atoms with Crippen molar-refractivity contribution in [2.75, 3.05) is 12.4 Å². The highest BCUT2D eigenvalue weighted by molar-refractivity contribution is 5.92. The summed E-state index contributed by atoms with van der Waals surface area (Å²) in [6, 6.07) is 7.81. The third kappa shape index (κ3) is 2.76. The van der Waals surface area contributed by atoms with Gasteiger partial charge in [0.25, 0.3) is 0 Å². The lowest BCUT2D eigenvalue weighted by atomic mass is 10.1. The van der Waals surface area contributed by atoms with E-state index in [0.717, 1.165) is 11.3 Å². The summed E-state index contributed by atoms with van der Waals surface area (Å²) in [5.74, 6) is 5.16. The molecule has 0 aliphatic carbocycles. The van der Waals surface area contributed by atoms with Crippen LogP contribution < -0.4 is 11.2 Å². The van der Waals surface area contributed by atoms with E-state index in [1.165, 1.54) is 0 Å². The number of anilines is 1. The Morgan fingerprint density at radius 2 is 2.08 bits per heavy atom. The van der Waals surface area contributed by atoms with Crippen molar-refractivity contribution >= 4 is 11.5 Å². The largest absolute Gasteiger partial charge is 0.485 e. The zero-order valence-corrected chi connectivity index (χ0v) is 7.54. The van der Waals surface area contributed by atoms with Gasteiger partial charge in [0.2, 0.25) is 0 Å². The number of nitrogens with two attached hydrogens (primary N) is 1. The second-order valence-corrected chi connectivity index (χ2v) is 2.70. The normalized spacial score (nSPS) is 9.38. The Hall–Kier alpha value is -1.55. The maximum atomic E-state index is 7.27. The quantitative estimate of drug-likeness (QED) is 0.283. The molecule has 4 nitrogen and oxygen atoms in total. The van der Waals surface area contributed by atoms with Gasteiger partial charge in [0.05, 0.1) is 0 Å². The number of hydrogen-bond donors (Lipinski definition) is 3. The number of rotatable bonds is 3. The van der Waals surface area contributed by atoms with Gasteiger partial charge in [-0.25, -0.2) is 0 Å². The summed E-state index contributed by atoms with van der Waals surface area (Å²) in [5.41, 5.74) is 5.39. The summed E-state index contributed by atoms with van der Waals surface area (Å²) in [4.78, 5) is 0. The monoisotopic (exact) mass is 177 g/mol. The van der Waals surface area contributed by atoms with E-state index in [0.29, 0.717) is 6.42 Å². The molecule has 0 bridgehead atoms. The number of nitrogens with zero attached hydrogens (tertiary/aromatic N) is 1. The van der Waals surface area contributed by atoms with E-state index in [9.17, 15) is 0 Å². The number of amidine groups is 1. The Kier molecular flexibility index (Phi) is 3.28. The van der Waals surface area contributed by atoms with Crippen LogP contribution in [-0.2, 0) is 6.42 Å². The van der Waals surface area contributed by atoms with Crippen LogP contribution >= 0.6 is 0 Å². The van der Waals surface area contributed by atoms with Gasteiger partial charge in [-0.1, -0.05) is 18.0 Å². The molecule has 0 heterocycles. The average Bonchev–Trinajstić information content (AvgIpc) is 2.19. The van der Waals surface area contributed by atoms with Gasteiger partial charge in [-0.05, 0) is 24.1 Å². The van der Waals surface area contributed by atoms with Crippen LogP contribution in [0, 0.1) is 5.41 Å². The topological polar surface area (TPSA) is 76.0 Å². The summed E-state index contributed by atoms with van der Waals surface area (Å²) in [6.07, 6.45) is 0.487. The lowest BCUT2D eigenvalue weighted by molar-refractivity contribution is 1.25. The lowest BCUT2D eigenvalue weighted by Gasteiger charge is -2.10. The fourth-order valence-electron chi connectivity index (χ4n) is 1.03. The first-order valence-electron chi connectivity index (χ1n) is 4.01. The molecule has 1 aromatic carbocycles. The molecule has 1 aromatic rings. The summed E-state index contributed by atoms with van der Waals surface area (Å²) in [6.45, 7) is 0. The summed E-state index contributed by atoms with van der Waals surface area (Å²) < 4.78 is 0. The predicted octanol–water partition coefficient (Wildman–Crippen LogP) is 1.50. The highest BCUT2D eigenvalue weighted by atomic mass is 15.2. The van der Waals surface area contributed by atoms with Crippen molar-refractivity contribution in [1.29, 1.82) is 5.41 Å². The molecule has 0 radical (unpaired) electrons. The standard InChI is InChI=1S/C9H13N4/c1-12-8-4-2-7(3-5-8)6-9(10)13-11/h2-5,12H,6,11H2,1H3,(H-,10,13)/q-1. The van der Waals surface area contributed by atoms with Crippen LogP contribution in [0.4, 0.5) is 5.69 Å². The average molecular weight is 177 g/mol. The van der Waals surface area contributed by atoms with E-state index in [1.807, 2.05) is 31.3 Å². The van der Waals surface area contributed by atoms with Gasteiger partial charge < -0.3 is 22.0 Å². The first-order valence-corrected chi connectivity index (χ1v) is 4.01. The van der Waals surface area contributed by atoms with Gasteiger partial charge in [0.15, 0.2) is 0 Å². The maximum Gasteiger partial charge on any atom is 0.0337 e.